The van der Waals surface area contributed by atoms with E-state index < -0.39 is 0 Å². The highest BCUT2D eigenvalue weighted by Gasteiger charge is 2.58. The zero-order chi connectivity index (χ0) is 11.9. The smallest absolute Gasteiger partial charge is 0.226 e. The fourth-order valence-corrected chi connectivity index (χ4v) is 3.62. The number of carbonyl (C=O) groups is 1. The predicted octanol–water partition coefficient (Wildman–Crippen LogP) is 1.63. The van der Waals surface area contributed by atoms with E-state index >= 15 is 0 Å². The number of piperidine rings is 2. The second-order valence-corrected chi connectivity index (χ2v) is 6.38. The van der Waals surface area contributed by atoms with Crippen molar-refractivity contribution >= 4 is 5.91 Å². The molecule has 1 aliphatic carbocycles. The monoisotopic (exact) mass is 236 g/mol. The van der Waals surface area contributed by atoms with E-state index in [1.54, 1.807) is 0 Å². The average Bonchev–Trinajstić information content (AvgIpc) is 3.04. The third-order valence-corrected chi connectivity index (χ3v) is 5.18. The lowest BCUT2D eigenvalue weighted by atomic mass is 9.91. The number of likely N-dealkylation sites (tertiary alicyclic amines) is 1. The molecule has 1 unspecified atom stereocenters. The SMILES string of the molecule is CC1CCN(C(=O)C2CC23CCNCC3)CC1. The first-order chi connectivity index (χ1) is 8.21. The molecule has 1 saturated carbocycles. The molecule has 1 N–H and O–H groups in total. The van der Waals surface area contributed by atoms with Gasteiger partial charge in [0.25, 0.3) is 0 Å². The number of nitrogens with one attached hydrogen (secondary N) is 1. The van der Waals surface area contributed by atoms with E-state index in [0.29, 0.717) is 17.2 Å². The molecular weight excluding hydrogens is 212 g/mol. The molecule has 3 fully saturated rings. The van der Waals surface area contributed by atoms with Crippen molar-refractivity contribution in [2.24, 2.45) is 17.3 Å². The lowest BCUT2D eigenvalue weighted by Gasteiger charge is -2.32. The van der Waals surface area contributed by atoms with Gasteiger partial charge in [-0.15, -0.1) is 0 Å². The first-order valence-corrected chi connectivity index (χ1v) is 7.21. The Kier molecular flexibility index (Phi) is 2.89. The van der Waals surface area contributed by atoms with E-state index in [1.165, 1.54) is 32.1 Å². The van der Waals surface area contributed by atoms with E-state index in [0.717, 1.165) is 32.1 Å². The van der Waals surface area contributed by atoms with Gasteiger partial charge in [0.15, 0.2) is 0 Å². The van der Waals surface area contributed by atoms with Crippen LogP contribution in [0.5, 0.6) is 0 Å². The van der Waals surface area contributed by atoms with Crippen LogP contribution in [-0.2, 0) is 4.79 Å². The van der Waals surface area contributed by atoms with E-state index in [1.807, 2.05) is 0 Å². The molecule has 3 rings (SSSR count). The van der Waals surface area contributed by atoms with Crippen LogP contribution in [0.15, 0.2) is 0 Å². The largest absolute Gasteiger partial charge is 0.342 e. The lowest BCUT2D eigenvalue weighted by molar-refractivity contribution is -0.135. The van der Waals surface area contributed by atoms with Gasteiger partial charge in [-0.2, -0.15) is 0 Å². The molecule has 0 radical (unpaired) electrons. The second-order valence-electron chi connectivity index (χ2n) is 6.38. The fraction of sp³-hybridized carbons (Fsp3) is 0.929. The molecule has 0 aromatic carbocycles. The number of hydrogen-bond donors (Lipinski definition) is 1. The maximum atomic E-state index is 12.4. The minimum Gasteiger partial charge on any atom is -0.342 e. The second kappa shape index (κ2) is 4.27. The van der Waals surface area contributed by atoms with Crippen LogP contribution in [0.2, 0.25) is 0 Å². The van der Waals surface area contributed by atoms with Gasteiger partial charge in [-0.1, -0.05) is 6.92 Å². The molecule has 1 amide bonds. The van der Waals surface area contributed by atoms with Crippen molar-refractivity contribution < 1.29 is 4.79 Å². The van der Waals surface area contributed by atoms with Crippen LogP contribution in [0.3, 0.4) is 0 Å². The summed E-state index contributed by atoms with van der Waals surface area (Å²) in [5.74, 6) is 1.66. The number of carbonyl (C=O) groups excluding carboxylic acids is 1. The zero-order valence-electron chi connectivity index (χ0n) is 10.9. The maximum absolute atomic E-state index is 12.4. The standard InChI is InChI=1S/C14H24N2O/c1-11-2-8-16(9-3-11)13(17)12-10-14(12)4-6-15-7-5-14/h11-12,15H,2-10H2,1H3. The Labute approximate surface area is 104 Å². The maximum Gasteiger partial charge on any atom is 0.226 e. The van der Waals surface area contributed by atoms with Gasteiger partial charge in [0.05, 0.1) is 0 Å². The highest BCUT2D eigenvalue weighted by atomic mass is 16.2. The molecular formula is C14H24N2O. The molecule has 2 aliphatic heterocycles. The summed E-state index contributed by atoms with van der Waals surface area (Å²) in [5, 5.41) is 3.40. The topological polar surface area (TPSA) is 32.3 Å². The Balaban J connectivity index is 1.57. The van der Waals surface area contributed by atoms with Crippen LogP contribution < -0.4 is 5.32 Å². The first kappa shape index (κ1) is 11.5. The highest BCUT2D eigenvalue weighted by Crippen LogP contribution is 2.59. The van der Waals surface area contributed by atoms with E-state index in [4.69, 9.17) is 0 Å². The fourth-order valence-electron chi connectivity index (χ4n) is 3.62. The number of hydrogen-bond acceptors (Lipinski definition) is 2. The van der Waals surface area contributed by atoms with Crippen molar-refractivity contribution in [3.8, 4) is 0 Å². The Morgan fingerprint density at radius 2 is 1.88 bits per heavy atom. The van der Waals surface area contributed by atoms with Crippen molar-refractivity contribution in [1.29, 1.82) is 0 Å². The van der Waals surface area contributed by atoms with Gasteiger partial charge in [0.2, 0.25) is 5.91 Å². The normalized spacial score (nSPS) is 32.8. The van der Waals surface area contributed by atoms with E-state index in [-0.39, 0.29) is 0 Å². The Bertz CT molecular complexity index is 301. The molecule has 2 heterocycles. The average molecular weight is 236 g/mol. The zero-order valence-corrected chi connectivity index (χ0v) is 10.9. The van der Waals surface area contributed by atoms with Crippen LogP contribution in [0.1, 0.15) is 39.0 Å². The summed E-state index contributed by atoms with van der Waals surface area (Å²) < 4.78 is 0. The summed E-state index contributed by atoms with van der Waals surface area (Å²) in [5.41, 5.74) is 0.408. The van der Waals surface area contributed by atoms with E-state index in [9.17, 15) is 4.79 Å². The van der Waals surface area contributed by atoms with Crippen molar-refractivity contribution in [3.63, 3.8) is 0 Å². The molecule has 3 aliphatic rings. The molecule has 96 valence electrons. The van der Waals surface area contributed by atoms with Gasteiger partial charge >= 0.3 is 0 Å². The number of nitrogens with zero attached hydrogens (tertiary/aromatic N) is 1. The molecule has 17 heavy (non-hydrogen) atoms. The van der Waals surface area contributed by atoms with Gasteiger partial charge < -0.3 is 10.2 Å². The minimum absolute atomic E-state index is 0.373. The van der Waals surface area contributed by atoms with Crippen molar-refractivity contribution in [3.05, 3.63) is 0 Å². The first-order valence-electron chi connectivity index (χ1n) is 7.21. The Morgan fingerprint density at radius 3 is 2.53 bits per heavy atom. The summed E-state index contributed by atoms with van der Waals surface area (Å²) >= 11 is 0. The minimum atomic E-state index is 0.373. The Hall–Kier alpha value is -0.570. The predicted molar refractivity (Wildman–Crippen MR) is 67.6 cm³/mol. The van der Waals surface area contributed by atoms with Gasteiger partial charge in [0, 0.05) is 19.0 Å². The van der Waals surface area contributed by atoms with Gasteiger partial charge in [-0.25, -0.2) is 0 Å². The van der Waals surface area contributed by atoms with E-state index in [2.05, 4.69) is 17.1 Å². The number of amides is 1. The molecule has 1 spiro atoms. The van der Waals surface area contributed by atoms with Gasteiger partial charge in [-0.05, 0) is 56.5 Å². The summed E-state index contributed by atoms with van der Waals surface area (Å²) in [7, 11) is 0. The summed E-state index contributed by atoms with van der Waals surface area (Å²) in [4.78, 5) is 14.6. The summed E-state index contributed by atoms with van der Waals surface area (Å²) in [6.07, 6.45) is 6.00. The van der Waals surface area contributed by atoms with Crippen LogP contribution in [-0.4, -0.2) is 37.0 Å². The molecule has 2 saturated heterocycles. The van der Waals surface area contributed by atoms with Gasteiger partial charge in [-0.3, -0.25) is 4.79 Å². The summed E-state index contributed by atoms with van der Waals surface area (Å²) in [6.45, 7) is 6.53. The highest BCUT2D eigenvalue weighted by molar-refractivity contribution is 5.82. The molecule has 0 bridgehead atoms. The molecule has 0 aromatic heterocycles. The Morgan fingerprint density at radius 1 is 1.24 bits per heavy atom. The molecule has 0 aromatic rings. The molecule has 1 atom stereocenters. The van der Waals surface area contributed by atoms with Crippen LogP contribution >= 0.6 is 0 Å². The quantitative estimate of drug-likeness (QED) is 0.750. The van der Waals surface area contributed by atoms with Crippen molar-refractivity contribution in [1.82, 2.24) is 10.2 Å². The lowest BCUT2D eigenvalue weighted by Crippen LogP contribution is -2.40. The van der Waals surface area contributed by atoms with Crippen LogP contribution in [0.25, 0.3) is 0 Å². The number of rotatable bonds is 1. The third-order valence-electron chi connectivity index (χ3n) is 5.18. The molecule has 3 heteroatoms. The molecule has 3 nitrogen and oxygen atoms in total. The van der Waals surface area contributed by atoms with Crippen LogP contribution in [0, 0.1) is 17.3 Å². The summed E-state index contributed by atoms with van der Waals surface area (Å²) in [6, 6.07) is 0. The van der Waals surface area contributed by atoms with Crippen molar-refractivity contribution in [2.45, 2.75) is 39.0 Å². The van der Waals surface area contributed by atoms with Crippen molar-refractivity contribution in [2.75, 3.05) is 26.2 Å². The van der Waals surface area contributed by atoms with Gasteiger partial charge in [0.1, 0.15) is 0 Å². The van der Waals surface area contributed by atoms with Crippen LogP contribution in [0.4, 0.5) is 0 Å². The third kappa shape index (κ3) is 2.10.